The van der Waals surface area contributed by atoms with Gasteiger partial charge in [-0.05, 0) is 31.4 Å². The maximum absolute atomic E-state index is 12.9. The summed E-state index contributed by atoms with van der Waals surface area (Å²) in [4.78, 5) is 30.0. The number of para-hydroxylation sites is 1. The topological polar surface area (TPSA) is 70.5 Å². The summed E-state index contributed by atoms with van der Waals surface area (Å²) < 4.78 is 0. The van der Waals surface area contributed by atoms with Gasteiger partial charge < -0.3 is 10.0 Å². The highest BCUT2D eigenvalue weighted by Crippen LogP contribution is 2.24. The number of carboxylic acid groups (broad SMARTS) is 1. The van der Waals surface area contributed by atoms with E-state index in [1.54, 1.807) is 17.2 Å². The van der Waals surface area contributed by atoms with Crippen LogP contribution in [0.15, 0.2) is 36.5 Å². The highest BCUT2D eigenvalue weighted by molar-refractivity contribution is 6.05. The summed E-state index contributed by atoms with van der Waals surface area (Å²) in [5, 5.41) is 9.97. The van der Waals surface area contributed by atoms with Crippen molar-refractivity contribution in [3.8, 4) is 0 Å². The number of fused-ring (bicyclic) bond motifs is 1. The number of hydrogen-bond donors (Lipinski definition) is 1. The van der Waals surface area contributed by atoms with Crippen molar-refractivity contribution >= 4 is 22.8 Å². The Balaban J connectivity index is 1.95. The van der Waals surface area contributed by atoms with Gasteiger partial charge in [-0.25, -0.2) is 0 Å². The molecule has 114 valence electrons. The highest BCUT2D eigenvalue weighted by atomic mass is 16.4. The van der Waals surface area contributed by atoms with Crippen molar-refractivity contribution in [1.29, 1.82) is 0 Å². The number of rotatable bonds is 3. The first-order chi connectivity index (χ1) is 10.7. The molecule has 0 bridgehead atoms. The van der Waals surface area contributed by atoms with E-state index in [2.05, 4.69) is 4.98 Å². The molecule has 0 spiro atoms. The van der Waals surface area contributed by atoms with Crippen LogP contribution in [0.25, 0.3) is 10.9 Å². The number of carbonyl (C=O) groups is 2. The quantitative estimate of drug-likeness (QED) is 0.945. The van der Waals surface area contributed by atoms with Gasteiger partial charge in [0.2, 0.25) is 0 Å². The van der Waals surface area contributed by atoms with Crippen molar-refractivity contribution in [2.75, 3.05) is 6.54 Å². The van der Waals surface area contributed by atoms with Gasteiger partial charge in [-0.3, -0.25) is 14.6 Å². The lowest BCUT2D eigenvalue weighted by Gasteiger charge is -2.35. The molecule has 0 aliphatic carbocycles. The molecule has 1 aromatic carbocycles. The fourth-order valence-corrected chi connectivity index (χ4v) is 3.11. The predicted molar refractivity (Wildman–Crippen MR) is 82.7 cm³/mol. The van der Waals surface area contributed by atoms with E-state index in [1.165, 1.54) is 0 Å². The Morgan fingerprint density at radius 1 is 1.23 bits per heavy atom. The maximum atomic E-state index is 12.9. The number of aliphatic carboxylic acids is 1. The van der Waals surface area contributed by atoms with E-state index in [9.17, 15) is 9.59 Å². The van der Waals surface area contributed by atoms with Crippen LogP contribution in [0.3, 0.4) is 0 Å². The Labute approximate surface area is 128 Å². The van der Waals surface area contributed by atoms with Gasteiger partial charge >= 0.3 is 5.97 Å². The minimum Gasteiger partial charge on any atom is -0.481 e. The summed E-state index contributed by atoms with van der Waals surface area (Å²) in [5.41, 5.74) is 1.23. The smallest absolute Gasteiger partial charge is 0.305 e. The SMILES string of the molecule is O=C(O)C[C@H]1CCCCN1C(=O)c1cccc2cccnc12. The first-order valence-corrected chi connectivity index (χ1v) is 7.53. The number of carbonyl (C=O) groups excluding carboxylic acids is 1. The Kier molecular flexibility index (Phi) is 4.04. The number of benzene rings is 1. The number of amides is 1. The Morgan fingerprint density at radius 2 is 2.05 bits per heavy atom. The molecule has 1 aromatic heterocycles. The molecule has 0 saturated carbocycles. The number of hydrogen-bond acceptors (Lipinski definition) is 3. The van der Waals surface area contributed by atoms with Gasteiger partial charge in [0.05, 0.1) is 17.5 Å². The first kappa shape index (κ1) is 14.5. The molecule has 22 heavy (non-hydrogen) atoms. The molecule has 1 amide bonds. The van der Waals surface area contributed by atoms with Gasteiger partial charge in [0.25, 0.3) is 5.91 Å². The van der Waals surface area contributed by atoms with Crippen LogP contribution in [0.4, 0.5) is 0 Å². The van der Waals surface area contributed by atoms with Crippen molar-refractivity contribution in [2.24, 2.45) is 0 Å². The first-order valence-electron chi connectivity index (χ1n) is 7.53. The number of likely N-dealkylation sites (tertiary alicyclic amines) is 1. The molecular formula is C17H18N2O3. The fourth-order valence-electron chi connectivity index (χ4n) is 3.11. The van der Waals surface area contributed by atoms with Crippen LogP contribution in [0, 0.1) is 0 Å². The second-order valence-corrected chi connectivity index (χ2v) is 5.63. The second-order valence-electron chi connectivity index (χ2n) is 5.63. The third-order valence-electron chi connectivity index (χ3n) is 4.16. The van der Waals surface area contributed by atoms with Crippen molar-refractivity contribution in [3.05, 3.63) is 42.1 Å². The van der Waals surface area contributed by atoms with E-state index >= 15 is 0 Å². The summed E-state index contributed by atoms with van der Waals surface area (Å²) >= 11 is 0. The number of nitrogens with zero attached hydrogens (tertiary/aromatic N) is 2. The van der Waals surface area contributed by atoms with Crippen LogP contribution in [0.2, 0.25) is 0 Å². The minimum atomic E-state index is -0.860. The van der Waals surface area contributed by atoms with Gasteiger partial charge in [-0.15, -0.1) is 0 Å². The van der Waals surface area contributed by atoms with Crippen molar-refractivity contribution in [3.63, 3.8) is 0 Å². The van der Waals surface area contributed by atoms with Gasteiger partial charge in [0, 0.05) is 24.2 Å². The molecule has 1 saturated heterocycles. The third-order valence-corrected chi connectivity index (χ3v) is 4.16. The van der Waals surface area contributed by atoms with E-state index < -0.39 is 5.97 Å². The summed E-state index contributed by atoms with van der Waals surface area (Å²) in [7, 11) is 0. The van der Waals surface area contributed by atoms with Crippen LogP contribution in [-0.2, 0) is 4.79 Å². The van der Waals surface area contributed by atoms with Gasteiger partial charge in [0.15, 0.2) is 0 Å². The minimum absolute atomic E-state index is 0.00390. The van der Waals surface area contributed by atoms with Crippen LogP contribution in [0.1, 0.15) is 36.0 Å². The van der Waals surface area contributed by atoms with Crippen molar-refractivity contribution in [1.82, 2.24) is 9.88 Å². The highest BCUT2D eigenvalue weighted by Gasteiger charge is 2.29. The monoisotopic (exact) mass is 298 g/mol. The van der Waals surface area contributed by atoms with Gasteiger partial charge in [0.1, 0.15) is 0 Å². The summed E-state index contributed by atoms with van der Waals surface area (Å²) in [6.07, 6.45) is 4.31. The number of piperidine rings is 1. The molecule has 1 aliphatic heterocycles. The van der Waals surface area contributed by atoms with E-state index in [0.717, 1.165) is 24.6 Å². The Morgan fingerprint density at radius 3 is 2.86 bits per heavy atom. The largest absolute Gasteiger partial charge is 0.481 e. The molecule has 2 aromatic rings. The fraction of sp³-hybridized carbons (Fsp3) is 0.353. The standard InChI is InChI=1S/C17H18N2O3/c20-15(21)11-13-7-1-2-10-19(13)17(22)14-8-3-5-12-6-4-9-18-16(12)14/h3-6,8-9,13H,1-2,7,10-11H2,(H,20,21)/t13-/m1/s1. The van der Waals surface area contributed by atoms with Crippen LogP contribution >= 0.6 is 0 Å². The summed E-state index contributed by atoms with van der Waals surface area (Å²) in [6, 6.07) is 9.06. The molecule has 1 atom stereocenters. The molecular weight excluding hydrogens is 280 g/mol. The predicted octanol–water partition coefficient (Wildman–Crippen LogP) is 2.70. The molecule has 5 nitrogen and oxygen atoms in total. The molecule has 0 unspecified atom stereocenters. The van der Waals surface area contributed by atoms with Gasteiger partial charge in [-0.2, -0.15) is 0 Å². The molecule has 3 rings (SSSR count). The molecule has 0 radical (unpaired) electrons. The summed E-state index contributed by atoms with van der Waals surface area (Å²) in [5.74, 6) is -0.976. The number of carboxylic acids is 1. The zero-order chi connectivity index (χ0) is 15.5. The van der Waals surface area contributed by atoms with Crippen molar-refractivity contribution in [2.45, 2.75) is 31.7 Å². The molecule has 1 aliphatic rings. The molecule has 5 heteroatoms. The number of aromatic nitrogens is 1. The normalized spacial score (nSPS) is 18.4. The van der Waals surface area contributed by atoms with E-state index in [-0.39, 0.29) is 18.4 Å². The lowest BCUT2D eigenvalue weighted by molar-refractivity contribution is -0.138. The average Bonchev–Trinajstić information content (AvgIpc) is 2.54. The van der Waals surface area contributed by atoms with Crippen LogP contribution in [-0.4, -0.2) is 39.5 Å². The molecule has 1 N–H and O–H groups in total. The van der Waals surface area contributed by atoms with Gasteiger partial charge in [-0.1, -0.05) is 18.2 Å². The zero-order valence-corrected chi connectivity index (χ0v) is 12.2. The molecule has 2 heterocycles. The van der Waals surface area contributed by atoms with E-state index in [0.29, 0.717) is 17.6 Å². The maximum Gasteiger partial charge on any atom is 0.305 e. The summed E-state index contributed by atoms with van der Waals surface area (Å²) in [6.45, 7) is 0.611. The van der Waals surface area contributed by atoms with Crippen LogP contribution < -0.4 is 0 Å². The third kappa shape index (κ3) is 2.79. The van der Waals surface area contributed by atoms with E-state index in [4.69, 9.17) is 5.11 Å². The van der Waals surface area contributed by atoms with E-state index in [1.807, 2.05) is 24.3 Å². The van der Waals surface area contributed by atoms with Crippen molar-refractivity contribution < 1.29 is 14.7 Å². The zero-order valence-electron chi connectivity index (χ0n) is 12.2. The average molecular weight is 298 g/mol. The Hall–Kier alpha value is -2.43. The lowest BCUT2D eigenvalue weighted by atomic mass is 9.97. The number of pyridine rings is 1. The molecule has 1 fully saturated rings. The van der Waals surface area contributed by atoms with Crippen LogP contribution in [0.5, 0.6) is 0 Å². The lowest BCUT2D eigenvalue weighted by Crippen LogP contribution is -2.44. The second kappa shape index (κ2) is 6.13. The Bertz CT molecular complexity index is 709.